The lowest BCUT2D eigenvalue weighted by Crippen LogP contribution is -2.51. The molecule has 1 aromatic heterocycles. The molecule has 2 heterocycles. The van der Waals surface area contributed by atoms with Crippen LogP contribution in [0.2, 0.25) is 0 Å². The minimum absolute atomic E-state index is 0.0911. The number of carbonyl (C=O) groups excluding carboxylic acids is 1. The topological polar surface area (TPSA) is 81.8 Å². The molecule has 1 fully saturated rings. The van der Waals surface area contributed by atoms with Crippen molar-refractivity contribution in [2.75, 3.05) is 37.2 Å². The van der Waals surface area contributed by atoms with Gasteiger partial charge in [0.15, 0.2) is 0 Å². The van der Waals surface area contributed by atoms with E-state index in [1.54, 1.807) is 29.5 Å². The van der Waals surface area contributed by atoms with E-state index in [1.165, 1.54) is 5.56 Å². The molecular formula is C18H24N4O3S2. The number of anilines is 1. The number of amides is 2. The smallest absolute Gasteiger partial charge is 0.317 e. The van der Waals surface area contributed by atoms with Crippen LogP contribution < -0.4 is 10.0 Å². The number of rotatable bonds is 6. The molecule has 0 spiro atoms. The molecule has 27 heavy (non-hydrogen) atoms. The SMILES string of the molecule is CS(=O)(=O)Nc1cccc(CNC(=O)N2CCN(Cc3ccsc3)CC2)c1. The molecule has 3 rings (SSSR count). The number of carbonyl (C=O) groups is 1. The lowest BCUT2D eigenvalue weighted by Gasteiger charge is -2.34. The van der Waals surface area contributed by atoms with E-state index >= 15 is 0 Å². The summed E-state index contributed by atoms with van der Waals surface area (Å²) in [5.41, 5.74) is 2.65. The predicted octanol–water partition coefficient (Wildman–Crippen LogP) is 2.15. The maximum absolute atomic E-state index is 12.4. The average Bonchev–Trinajstić information content (AvgIpc) is 3.12. The summed E-state index contributed by atoms with van der Waals surface area (Å²) in [6.45, 7) is 4.40. The van der Waals surface area contributed by atoms with Gasteiger partial charge in [0.25, 0.3) is 0 Å². The summed E-state index contributed by atoms with van der Waals surface area (Å²) in [7, 11) is -3.32. The second kappa shape index (κ2) is 8.73. The van der Waals surface area contributed by atoms with Crippen LogP contribution in [0.4, 0.5) is 10.5 Å². The van der Waals surface area contributed by atoms with E-state index in [9.17, 15) is 13.2 Å². The van der Waals surface area contributed by atoms with Crippen LogP contribution in [-0.4, -0.2) is 56.7 Å². The fraction of sp³-hybridized carbons (Fsp3) is 0.389. The van der Waals surface area contributed by atoms with Crippen LogP contribution in [-0.2, 0) is 23.1 Å². The standard InChI is InChI=1S/C18H24N4O3S2/c1-27(24,25)20-17-4-2-3-15(11-17)12-19-18(23)22-8-6-21(7-9-22)13-16-5-10-26-14-16/h2-5,10-11,14,20H,6-9,12-13H2,1H3,(H,19,23). The number of hydrogen-bond donors (Lipinski definition) is 2. The highest BCUT2D eigenvalue weighted by Crippen LogP contribution is 2.13. The second-order valence-electron chi connectivity index (χ2n) is 6.63. The zero-order valence-electron chi connectivity index (χ0n) is 15.2. The molecule has 1 aliphatic heterocycles. The molecule has 0 bridgehead atoms. The number of hydrogen-bond acceptors (Lipinski definition) is 5. The first-order valence-electron chi connectivity index (χ1n) is 8.72. The number of nitrogens with zero attached hydrogens (tertiary/aromatic N) is 2. The molecule has 1 aromatic carbocycles. The summed E-state index contributed by atoms with van der Waals surface area (Å²) < 4.78 is 25.1. The molecule has 0 aliphatic carbocycles. The molecule has 1 saturated heterocycles. The van der Waals surface area contributed by atoms with Crippen LogP contribution in [0, 0.1) is 0 Å². The van der Waals surface area contributed by atoms with Crippen molar-refractivity contribution < 1.29 is 13.2 Å². The van der Waals surface area contributed by atoms with Gasteiger partial charge >= 0.3 is 6.03 Å². The fourth-order valence-corrected chi connectivity index (χ4v) is 4.21. The third kappa shape index (κ3) is 6.23. The summed E-state index contributed by atoms with van der Waals surface area (Å²) >= 11 is 1.70. The third-order valence-corrected chi connectivity index (χ3v) is 5.66. The van der Waals surface area contributed by atoms with E-state index in [0.717, 1.165) is 31.5 Å². The monoisotopic (exact) mass is 408 g/mol. The summed E-state index contributed by atoms with van der Waals surface area (Å²) in [6, 6.07) is 9.06. The van der Waals surface area contributed by atoms with Gasteiger partial charge in [-0.1, -0.05) is 12.1 Å². The van der Waals surface area contributed by atoms with Crippen LogP contribution in [0.25, 0.3) is 0 Å². The van der Waals surface area contributed by atoms with Crippen LogP contribution >= 0.6 is 11.3 Å². The van der Waals surface area contributed by atoms with Crippen molar-refractivity contribution in [1.82, 2.24) is 15.1 Å². The summed E-state index contributed by atoms with van der Waals surface area (Å²) in [4.78, 5) is 16.6. The van der Waals surface area contributed by atoms with Crippen LogP contribution in [0.3, 0.4) is 0 Å². The average molecular weight is 409 g/mol. The summed E-state index contributed by atoms with van der Waals surface area (Å²) in [5, 5.41) is 7.15. The first kappa shape index (κ1) is 19.7. The Labute approximate surface area is 164 Å². The number of piperazine rings is 1. The normalized spacial score (nSPS) is 15.5. The lowest BCUT2D eigenvalue weighted by molar-refractivity contribution is 0.135. The van der Waals surface area contributed by atoms with E-state index < -0.39 is 10.0 Å². The van der Waals surface area contributed by atoms with Crippen molar-refractivity contribution in [2.24, 2.45) is 0 Å². The molecule has 2 amide bonds. The zero-order chi connectivity index (χ0) is 19.3. The van der Waals surface area contributed by atoms with Crippen LogP contribution in [0.15, 0.2) is 41.1 Å². The zero-order valence-corrected chi connectivity index (χ0v) is 16.9. The van der Waals surface area contributed by atoms with Crippen LogP contribution in [0.1, 0.15) is 11.1 Å². The van der Waals surface area contributed by atoms with E-state index in [1.807, 2.05) is 11.0 Å². The Hall–Kier alpha value is -2.10. The van der Waals surface area contributed by atoms with Gasteiger partial charge in [0, 0.05) is 45.0 Å². The molecule has 2 N–H and O–H groups in total. The highest BCUT2D eigenvalue weighted by molar-refractivity contribution is 7.92. The number of urea groups is 1. The Bertz CT molecular complexity index is 860. The molecule has 0 radical (unpaired) electrons. The van der Waals surface area contributed by atoms with Gasteiger partial charge in [-0.15, -0.1) is 0 Å². The number of sulfonamides is 1. The first-order valence-corrected chi connectivity index (χ1v) is 11.6. The molecule has 146 valence electrons. The van der Waals surface area contributed by atoms with Gasteiger partial charge in [-0.05, 0) is 40.1 Å². The molecule has 0 unspecified atom stereocenters. The predicted molar refractivity (Wildman–Crippen MR) is 108 cm³/mol. The van der Waals surface area contributed by atoms with Gasteiger partial charge in [0.1, 0.15) is 0 Å². The number of nitrogens with one attached hydrogen (secondary N) is 2. The maximum Gasteiger partial charge on any atom is 0.317 e. The van der Waals surface area contributed by atoms with Crippen molar-refractivity contribution in [3.05, 3.63) is 52.2 Å². The Balaban J connectivity index is 1.45. The molecule has 1 aliphatic rings. The van der Waals surface area contributed by atoms with Crippen molar-refractivity contribution >= 4 is 33.1 Å². The van der Waals surface area contributed by atoms with E-state index in [0.29, 0.717) is 25.3 Å². The van der Waals surface area contributed by atoms with E-state index in [-0.39, 0.29) is 6.03 Å². The largest absolute Gasteiger partial charge is 0.334 e. The maximum atomic E-state index is 12.4. The van der Waals surface area contributed by atoms with Gasteiger partial charge in [-0.25, -0.2) is 13.2 Å². The van der Waals surface area contributed by atoms with Gasteiger partial charge in [0.2, 0.25) is 10.0 Å². The molecular weight excluding hydrogens is 384 g/mol. The molecule has 7 nitrogen and oxygen atoms in total. The minimum Gasteiger partial charge on any atom is -0.334 e. The van der Waals surface area contributed by atoms with Gasteiger partial charge < -0.3 is 10.2 Å². The molecule has 2 aromatic rings. The van der Waals surface area contributed by atoms with Crippen molar-refractivity contribution in [2.45, 2.75) is 13.1 Å². The Morgan fingerprint density at radius 2 is 1.93 bits per heavy atom. The Kier molecular flexibility index (Phi) is 6.35. The second-order valence-corrected chi connectivity index (χ2v) is 9.16. The summed E-state index contributed by atoms with van der Waals surface area (Å²) in [5.74, 6) is 0. The highest BCUT2D eigenvalue weighted by atomic mass is 32.2. The van der Waals surface area contributed by atoms with E-state index in [4.69, 9.17) is 0 Å². The Morgan fingerprint density at radius 1 is 1.15 bits per heavy atom. The van der Waals surface area contributed by atoms with Crippen molar-refractivity contribution in [3.63, 3.8) is 0 Å². The molecule has 9 heteroatoms. The minimum atomic E-state index is -3.32. The fourth-order valence-electron chi connectivity index (χ4n) is 3.00. The summed E-state index contributed by atoms with van der Waals surface area (Å²) in [6.07, 6.45) is 1.11. The Morgan fingerprint density at radius 3 is 2.59 bits per heavy atom. The third-order valence-electron chi connectivity index (χ3n) is 4.32. The lowest BCUT2D eigenvalue weighted by atomic mass is 10.2. The number of thiophene rings is 1. The van der Waals surface area contributed by atoms with Gasteiger partial charge in [-0.2, -0.15) is 11.3 Å². The highest BCUT2D eigenvalue weighted by Gasteiger charge is 2.21. The van der Waals surface area contributed by atoms with Gasteiger partial charge in [0.05, 0.1) is 6.26 Å². The molecule has 0 atom stereocenters. The van der Waals surface area contributed by atoms with Crippen molar-refractivity contribution in [1.29, 1.82) is 0 Å². The molecule has 0 saturated carbocycles. The van der Waals surface area contributed by atoms with Crippen LogP contribution in [0.5, 0.6) is 0 Å². The van der Waals surface area contributed by atoms with Gasteiger partial charge in [-0.3, -0.25) is 9.62 Å². The quantitative estimate of drug-likeness (QED) is 0.767. The number of benzene rings is 1. The van der Waals surface area contributed by atoms with Crippen molar-refractivity contribution in [3.8, 4) is 0 Å². The van der Waals surface area contributed by atoms with E-state index in [2.05, 4.69) is 31.8 Å². The first-order chi connectivity index (χ1) is 12.9.